The number of ether oxygens (including phenoxy) is 1. The van der Waals surface area contributed by atoms with Gasteiger partial charge in [0.05, 0.1) is 11.0 Å². The number of aryl methyl sites for hydroxylation is 1. The molecule has 0 fully saturated rings. The first-order chi connectivity index (χ1) is 9.60. The molecule has 1 heterocycles. The number of aromatic nitrogens is 2. The van der Waals surface area contributed by atoms with E-state index in [-0.39, 0.29) is 5.69 Å². The second-order valence-corrected chi connectivity index (χ2v) is 4.07. The van der Waals surface area contributed by atoms with E-state index in [0.717, 1.165) is 5.56 Å². The number of nitro groups is 1. The second-order valence-electron chi connectivity index (χ2n) is 4.07. The lowest BCUT2D eigenvalue weighted by Gasteiger charge is -2.09. The van der Waals surface area contributed by atoms with Gasteiger partial charge in [0.25, 0.3) is 5.69 Å². The first-order valence-corrected chi connectivity index (χ1v) is 6.10. The van der Waals surface area contributed by atoms with Crippen LogP contribution in [0.25, 0.3) is 0 Å². The molecule has 1 aromatic carbocycles. The zero-order valence-corrected chi connectivity index (χ0v) is 11.2. The summed E-state index contributed by atoms with van der Waals surface area (Å²) in [5.74, 6) is 1.19. The van der Waals surface area contributed by atoms with Crippen molar-refractivity contribution in [3.05, 3.63) is 46.1 Å². The molecule has 7 nitrogen and oxygen atoms in total. The number of benzene rings is 1. The summed E-state index contributed by atoms with van der Waals surface area (Å²) < 4.78 is 5.59. The molecule has 0 radical (unpaired) electrons. The topological polar surface area (TPSA) is 90.2 Å². The van der Waals surface area contributed by atoms with Crippen LogP contribution < -0.4 is 10.1 Å². The van der Waals surface area contributed by atoms with Crippen molar-refractivity contribution in [1.29, 1.82) is 0 Å². The van der Waals surface area contributed by atoms with Crippen LogP contribution in [-0.4, -0.2) is 21.4 Å². The van der Waals surface area contributed by atoms with E-state index in [1.807, 2.05) is 13.8 Å². The Morgan fingerprint density at radius 1 is 1.45 bits per heavy atom. The van der Waals surface area contributed by atoms with Crippen LogP contribution in [0.2, 0.25) is 0 Å². The van der Waals surface area contributed by atoms with E-state index in [9.17, 15) is 10.1 Å². The van der Waals surface area contributed by atoms with Gasteiger partial charge in [0.2, 0.25) is 11.8 Å². The summed E-state index contributed by atoms with van der Waals surface area (Å²) in [7, 11) is 0. The van der Waals surface area contributed by atoms with Gasteiger partial charge in [-0.3, -0.25) is 10.1 Å². The van der Waals surface area contributed by atoms with E-state index in [1.54, 1.807) is 18.3 Å². The summed E-state index contributed by atoms with van der Waals surface area (Å²) in [6.07, 6.45) is 1.64. The number of nitrogens with one attached hydrogen (secondary N) is 1. The van der Waals surface area contributed by atoms with Gasteiger partial charge in [0.1, 0.15) is 5.75 Å². The Hall–Kier alpha value is -2.70. The molecule has 0 aliphatic carbocycles. The Balaban J connectivity index is 2.27. The van der Waals surface area contributed by atoms with Crippen LogP contribution in [0.15, 0.2) is 30.5 Å². The molecule has 2 aromatic rings. The average Bonchev–Trinajstić information content (AvgIpc) is 2.43. The van der Waals surface area contributed by atoms with Crippen LogP contribution in [-0.2, 0) is 0 Å². The van der Waals surface area contributed by atoms with E-state index < -0.39 is 4.92 Å². The quantitative estimate of drug-likeness (QED) is 0.666. The summed E-state index contributed by atoms with van der Waals surface area (Å²) in [5, 5.41) is 13.7. The van der Waals surface area contributed by atoms with Crippen molar-refractivity contribution in [3.8, 4) is 11.6 Å². The van der Waals surface area contributed by atoms with Crippen LogP contribution in [0.4, 0.5) is 11.6 Å². The molecule has 7 heteroatoms. The third kappa shape index (κ3) is 3.19. The van der Waals surface area contributed by atoms with Crippen molar-refractivity contribution >= 4 is 11.6 Å². The number of rotatable bonds is 5. The maximum absolute atomic E-state index is 10.7. The SMILES string of the molecule is CCNc1ncc(C)c(Oc2cccc([N+](=O)[O-])c2)n1. The van der Waals surface area contributed by atoms with E-state index in [0.29, 0.717) is 24.1 Å². The monoisotopic (exact) mass is 274 g/mol. The zero-order valence-electron chi connectivity index (χ0n) is 11.2. The Bertz CT molecular complexity index is 631. The van der Waals surface area contributed by atoms with Crippen molar-refractivity contribution in [2.45, 2.75) is 13.8 Å². The molecule has 0 bridgehead atoms. The summed E-state index contributed by atoms with van der Waals surface area (Å²) in [4.78, 5) is 18.6. The Kier molecular flexibility index (Phi) is 4.09. The molecule has 0 aliphatic rings. The van der Waals surface area contributed by atoms with E-state index >= 15 is 0 Å². The van der Waals surface area contributed by atoms with Crippen LogP contribution in [0.3, 0.4) is 0 Å². The lowest BCUT2D eigenvalue weighted by Crippen LogP contribution is -2.03. The standard InChI is InChI=1S/C13H14N4O3/c1-3-14-13-15-8-9(2)12(16-13)20-11-6-4-5-10(7-11)17(18)19/h4-8H,3H2,1-2H3,(H,14,15,16). The highest BCUT2D eigenvalue weighted by Crippen LogP contribution is 2.26. The number of nitrogens with zero attached hydrogens (tertiary/aromatic N) is 3. The van der Waals surface area contributed by atoms with Crippen LogP contribution >= 0.6 is 0 Å². The minimum absolute atomic E-state index is 0.0267. The van der Waals surface area contributed by atoms with E-state index in [4.69, 9.17) is 4.74 Å². The van der Waals surface area contributed by atoms with Crippen molar-refractivity contribution in [2.24, 2.45) is 0 Å². The number of hydrogen-bond donors (Lipinski definition) is 1. The van der Waals surface area contributed by atoms with Gasteiger partial charge < -0.3 is 10.1 Å². The number of nitro benzene ring substituents is 1. The summed E-state index contributed by atoms with van der Waals surface area (Å²) in [6, 6.07) is 5.97. The van der Waals surface area contributed by atoms with Crippen molar-refractivity contribution in [1.82, 2.24) is 9.97 Å². The van der Waals surface area contributed by atoms with Crippen molar-refractivity contribution in [3.63, 3.8) is 0 Å². The first kappa shape index (κ1) is 13.7. The van der Waals surface area contributed by atoms with E-state index in [2.05, 4.69) is 15.3 Å². The lowest BCUT2D eigenvalue weighted by atomic mass is 10.3. The van der Waals surface area contributed by atoms with Gasteiger partial charge in [-0.1, -0.05) is 6.07 Å². The predicted molar refractivity (Wildman–Crippen MR) is 74.1 cm³/mol. The van der Waals surface area contributed by atoms with Gasteiger partial charge in [-0.2, -0.15) is 4.98 Å². The highest BCUT2D eigenvalue weighted by Gasteiger charge is 2.10. The third-order valence-electron chi connectivity index (χ3n) is 2.50. The van der Waals surface area contributed by atoms with Crippen molar-refractivity contribution < 1.29 is 9.66 Å². The third-order valence-corrected chi connectivity index (χ3v) is 2.50. The van der Waals surface area contributed by atoms with Crippen LogP contribution in [0.5, 0.6) is 11.6 Å². The normalized spacial score (nSPS) is 10.1. The molecule has 104 valence electrons. The molecule has 0 unspecified atom stereocenters. The highest BCUT2D eigenvalue weighted by atomic mass is 16.6. The average molecular weight is 274 g/mol. The Morgan fingerprint density at radius 3 is 2.95 bits per heavy atom. The molecule has 0 saturated heterocycles. The highest BCUT2D eigenvalue weighted by molar-refractivity contribution is 5.41. The fourth-order valence-electron chi connectivity index (χ4n) is 1.55. The molecule has 0 aliphatic heterocycles. The summed E-state index contributed by atoms with van der Waals surface area (Å²) in [6.45, 7) is 4.44. The maximum atomic E-state index is 10.7. The molecule has 20 heavy (non-hydrogen) atoms. The number of hydrogen-bond acceptors (Lipinski definition) is 6. The largest absolute Gasteiger partial charge is 0.438 e. The Labute approximate surface area is 115 Å². The molecule has 0 atom stereocenters. The first-order valence-electron chi connectivity index (χ1n) is 6.10. The molecule has 0 spiro atoms. The van der Waals surface area contributed by atoms with E-state index in [1.165, 1.54) is 12.1 Å². The fraction of sp³-hybridized carbons (Fsp3) is 0.231. The van der Waals surface area contributed by atoms with Crippen LogP contribution in [0, 0.1) is 17.0 Å². The summed E-state index contributed by atoms with van der Waals surface area (Å²) in [5.41, 5.74) is 0.722. The maximum Gasteiger partial charge on any atom is 0.273 e. The van der Waals surface area contributed by atoms with Gasteiger partial charge in [0.15, 0.2) is 0 Å². The molecule has 1 aromatic heterocycles. The lowest BCUT2D eigenvalue weighted by molar-refractivity contribution is -0.384. The van der Waals surface area contributed by atoms with Crippen molar-refractivity contribution in [2.75, 3.05) is 11.9 Å². The minimum atomic E-state index is -0.468. The van der Waals surface area contributed by atoms with Crippen LogP contribution in [0.1, 0.15) is 12.5 Å². The summed E-state index contributed by atoms with van der Waals surface area (Å²) >= 11 is 0. The molecule has 2 rings (SSSR count). The minimum Gasteiger partial charge on any atom is -0.438 e. The van der Waals surface area contributed by atoms with Gasteiger partial charge in [-0.15, -0.1) is 0 Å². The van der Waals surface area contributed by atoms with Gasteiger partial charge in [0, 0.05) is 24.4 Å². The van der Waals surface area contributed by atoms with Gasteiger partial charge in [-0.25, -0.2) is 4.98 Å². The molecule has 1 N–H and O–H groups in total. The fourth-order valence-corrected chi connectivity index (χ4v) is 1.55. The molecular weight excluding hydrogens is 260 g/mol. The smallest absolute Gasteiger partial charge is 0.273 e. The predicted octanol–water partition coefficient (Wildman–Crippen LogP) is 2.92. The molecule has 0 amide bonds. The number of anilines is 1. The molecule has 0 saturated carbocycles. The number of non-ortho nitro benzene ring substituents is 1. The van der Waals surface area contributed by atoms with Gasteiger partial charge in [-0.05, 0) is 19.9 Å². The zero-order chi connectivity index (χ0) is 14.5. The molecular formula is C13H14N4O3. The second kappa shape index (κ2) is 5.96. The Morgan fingerprint density at radius 2 is 2.25 bits per heavy atom. The van der Waals surface area contributed by atoms with Gasteiger partial charge >= 0.3 is 0 Å².